The summed E-state index contributed by atoms with van der Waals surface area (Å²) >= 11 is 1.28. The zero-order chi connectivity index (χ0) is 15.2. The number of imidazole rings is 1. The van der Waals surface area contributed by atoms with Crippen LogP contribution >= 0.6 is 11.8 Å². The van der Waals surface area contributed by atoms with Gasteiger partial charge in [0.15, 0.2) is 5.16 Å². The molecule has 0 spiro atoms. The van der Waals surface area contributed by atoms with Crippen molar-refractivity contribution in [1.29, 1.82) is 0 Å². The van der Waals surface area contributed by atoms with Crippen molar-refractivity contribution in [2.75, 3.05) is 12.8 Å². The Labute approximate surface area is 126 Å². The predicted molar refractivity (Wildman–Crippen MR) is 81.6 cm³/mol. The fourth-order valence-electron chi connectivity index (χ4n) is 1.77. The van der Waals surface area contributed by atoms with Crippen molar-refractivity contribution in [2.24, 2.45) is 0 Å². The highest BCUT2D eigenvalue weighted by atomic mass is 32.2. The first-order valence-corrected chi connectivity index (χ1v) is 7.34. The molecule has 0 aliphatic rings. The molecule has 0 atom stereocenters. The van der Waals surface area contributed by atoms with Gasteiger partial charge in [0.1, 0.15) is 0 Å². The SMILES string of the molecule is CNC(=O)NC(=O)CSc1nccn1-c1ccccc1C. The van der Waals surface area contributed by atoms with E-state index in [1.54, 1.807) is 6.20 Å². The summed E-state index contributed by atoms with van der Waals surface area (Å²) in [7, 11) is 1.46. The Kier molecular flexibility index (Phi) is 4.99. The number of amides is 3. The van der Waals surface area contributed by atoms with Gasteiger partial charge in [-0.2, -0.15) is 0 Å². The molecule has 21 heavy (non-hydrogen) atoms. The van der Waals surface area contributed by atoms with Crippen LogP contribution < -0.4 is 10.6 Å². The van der Waals surface area contributed by atoms with Crippen LogP contribution in [0.25, 0.3) is 5.69 Å². The number of hydrogen-bond donors (Lipinski definition) is 2. The number of carbonyl (C=O) groups excluding carboxylic acids is 2. The van der Waals surface area contributed by atoms with E-state index in [0.29, 0.717) is 5.16 Å². The smallest absolute Gasteiger partial charge is 0.321 e. The Bertz CT molecular complexity index is 654. The summed E-state index contributed by atoms with van der Waals surface area (Å²) in [5.74, 6) is -0.241. The third-order valence-electron chi connectivity index (χ3n) is 2.79. The maximum Gasteiger partial charge on any atom is 0.321 e. The average molecular weight is 304 g/mol. The molecule has 2 N–H and O–H groups in total. The van der Waals surface area contributed by atoms with Crippen LogP contribution in [0.15, 0.2) is 41.8 Å². The highest BCUT2D eigenvalue weighted by molar-refractivity contribution is 7.99. The zero-order valence-corrected chi connectivity index (χ0v) is 12.6. The number of carbonyl (C=O) groups is 2. The molecule has 2 aromatic rings. The second-order valence-electron chi connectivity index (χ2n) is 4.28. The summed E-state index contributed by atoms with van der Waals surface area (Å²) in [5, 5.41) is 5.25. The van der Waals surface area contributed by atoms with E-state index in [-0.39, 0.29) is 11.7 Å². The Morgan fingerprint density at radius 2 is 2.10 bits per heavy atom. The molecule has 1 aromatic carbocycles. The molecule has 0 saturated heterocycles. The van der Waals surface area contributed by atoms with E-state index in [0.717, 1.165) is 11.3 Å². The van der Waals surface area contributed by atoms with Crippen molar-refractivity contribution in [1.82, 2.24) is 20.2 Å². The van der Waals surface area contributed by atoms with Gasteiger partial charge in [0.25, 0.3) is 0 Å². The minimum absolute atomic E-state index is 0.121. The first-order valence-electron chi connectivity index (χ1n) is 6.35. The van der Waals surface area contributed by atoms with Gasteiger partial charge in [-0.15, -0.1) is 0 Å². The second-order valence-corrected chi connectivity index (χ2v) is 5.22. The molecular formula is C14H16N4O2S. The minimum Gasteiger partial charge on any atom is -0.341 e. The third kappa shape index (κ3) is 3.85. The molecule has 6 nitrogen and oxygen atoms in total. The molecule has 2 rings (SSSR count). The van der Waals surface area contributed by atoms with Crippen LogP contribution in [0.3, 0.4) is 0 Å². The number of para-hydroxylation sites is 1. The van der Waals surface area contributed by atoms with Gasteiger partial charge < -0.3 is 5.32 Å². The zero-order valence-electron chi connectivity index (χ0n) is 11.8. The van der Waals surface area contributed by atoms with E-state index < -0.39 is 6.03 Å². The van der Waals surface area contributed by atoms with E-state index in [2.05, 4.69) is 15.6 Å². The predicted octanol–water partition coefficient (Wildman–Crippen LogP) is 1.73. The number of benzene rings is 1. The standard InChI is InChI=1S/C14H16N4O2S/c1-10-5-3-4-6-11(10)18-8-7-16-14(18)21-9-12(19)17-13(20)15-2/h3-8H,9H2,1-2H3,(H2,15,17,19,20). The van der Waals surface area contributed by atoms with Gasteiger partial charge in [-0.1, -0.05) is 30.0 Å². The first kappa shape index (κ1) is 15.1. The fraction of sp³-hybridized carbons (Fsp3) is 0.214. The number of rotatable bonds is 4. The van der Waals surface area contributed by atoms with Crippen molar-refractivity contribution in [3.8, 4) is 5.69 Å². The van der Waals surface area contributed by atoms with Gasteiger partial charge in [0, 0.05) is 19.4 Å². The molecule has 0 radical (unpaired) electrons. The molecule has 1 heterocycles. The molecule has 0 saturated carbocycles. The number of hydrogen-bond acceptors (Lipinski definition) is 4. The van der Waals surface area contributed by atoms with Gasteiger partial charge in [-0.25, -0.2) is 9.78 Å². The highest BCUT2D eigenvalue weighted by Gasteiger charge is 2.11. The molecule has 110 valence electrons. The normalized spacial score (nSPS) is 10.2. The van der Waals surface area contributed by atoms with Gasteiger partial charge in [0.05, 0.1) is 11.4 Å². The van der Waals surface area contributed by atoms with Crippen LogP contribution in [0.5, 0.6) is 0 Å². The van der Waals surface area contributed by atoms with Crippen molar-refractivity contribution in [3.05, 3.63) is 42.2 Å². The summed E-state index contributed by atoms with van der Waals surface area (Å²) in [5.41, 5.74) is 2.14. The largest absolute Gasteiger partial charge is 0.341 e. The lowest BCUT2D eigenvalue weighted by atomic mass is 10.2. The second kappa shape index (κ2) is 6.94. The highest BCUT2D eigenvalue weighted by Crippen LogP contribution is 2.22. The lowest BCUT2D eigenvalue weighted by Crippen LogP contribution is -2.38. The molecule has 0 aliphatic carbocycles. The fourth-order valence-corrected chi connectivity index (χ4v) is 2.53. The summed E-state index contributed by atoms with van der Waals surface area (Å²) in [6, 6.07) is 7.42. The van der Waals surface area contributed by atoms with E-state index in [4.69, 9.17) is 0 Å². The monoisotopic (exact) mass is 304 g/mol. The lowest BCUT2D eigenvalue weighted by Gasteiger charge is -2.10. The lowest BCUT2D eigenvalue weighted by molar-refractivity contribution is -0.117. The molecule has 0 fully saturated rings. The van der Waals surface area contributed by atoms with Crippen LogP contribution in [0.1, 0.15) is 5.56 Å². The molecule has 7 heteroatoms. The van der Waals surface area contributed by atoms with Crippen molar-refractivity contribution in [2.45, 2.75) is 12.1 Å². The Morgan fingerprint density at radius 3 is 2.81 bits per heavy atom. The topological polar surface area (TPSA) is 76.0 Å². The van der Waals surface area contributed by atoms with E-state index >= 15 is 0 Å². The van der Waals surface area contributed by atoms with Gasteiger partial charge in [0.2, 0.25) is 5.91 Å². The molecule has 1 aromatic heterocycles. The van der Waals surface area contributed by atoms with E-state index in [9.17, 15) is 9.59 Å². The van der Waals surface area contributed by atoms with Crippen LogP contribution in [-0.4, -0.2) is 34.3 Å². The van der Waals surface area contributed by atoms with Gasteiger partial charge in [-0.05, 0) is 18.6 Å². The third-order valence-corrected chi connectivity index (χ3v) is 3.76. The molecule has 3 amide bonds. The van der Waals surface area contributed by atoms with E-state index in [1.165, 1.54) is 18.8 Å². The van der Waals surface area contributed by atoms with Crippen LogP contribution in [0, 0.1) is 6.92 Å². The minimum atomic E-state index is -0.511. The number of nitrogens with zero attached hydrogens (tertiary/aromatic N) is 2. The molecule has 0 unspecified atom stereocenters. The Morgan fingerprint density at radius 1 is 1.33 bits per heavy atom. The van der Waals surface area contributed by atoms with E-state index in [1.807, 2.05) is 42.0 Å². The Hall–Kier alpha value is -2.28. The maximum absolute atomic E-state index is 11.6. The quantitative estimate of drug-likeness (QED) is 0.844. The van der Waals surface area contributed by atoms with Crippen LogP contribution in [0.2, 0.25) is 0 Å². The number of aromatic nitrogens is 2. The van der Waals surface area contributed by atoms with Crippen molar-refractivity contribution < 1.29 is 9.59 Å². The number of aryl methyl sites for hydroxylation is 1. The average Bonchev–Trinajstić information content (AvgIpc) is 2.93. The summed E-state index contributed by atoms with van der Waals surface area (Å²) in [4.78, 5) is 26.9. The Balaban J connectivity index is 2.06. The van der Waals surface area contributed by atoms with Crippen LogP contribution in [0.4, 0.5) is 4.79 Å². The van der Waals surface area contributed by atoms with Crippen molar-refractivity contribution in [3.63, 3.8) is 0 Å². The summed E-state index contributed by atoms with van der Waals surface area (Å²) < 4.78 is 1.92. The molecule has 0 aliphatic heterocycles. The van der Waals surface area contributed by atoms with Crippen molar-refractivity contribution >= 4 is 23.7 Å². The number of nitrogens with one attached hydrogen (secondary N) is 2. The van der Waals surface area contributed by atoms with Gasteiger partial charge >= 0.3 is 6.03 Å². The number of imide groups is 1. The van der Waals surface area contributed by atoms with Crippen LogP contribution in [-0.2, 0) is 4.79 Å². The molecule has 0 bridgehead atoms. The maximum atomic E-state index is 11.6. The summed E-state index contributed by atoms with van der Waals surface area (Å²) in [6.07, 6.45) is 3.53. The first-order chi connectivity index (χ1) is 10.1. The number of thioether (sulfide) groups is 1. The van der Waals surface area contributed by atoms with Gasteiger partial charge in [-0.3, -0.25) is 14.7 Å². The molecular weight excluding hydrogens is 288 g/mol. The number of urea groups is 1. The summed E-state index contributed by atoms with van der Waals surface area (Å²) in [6.45, 7) is 2.02.